The number of carboxylic acid groups (broad SMARTS) is 1. The Balaban J connectivity index is 2.68. The van der Waals surface area contributed by atoms with Crippen molar-refractivity contribution in [2.75, 3.05) is 13.6 Å². The molecule has 0 saturated heterocycles. The van der Waals surface area contributed by atoms with Crippen LogP contribution in [0.3, 0.4) is 0 Å². The van der Waals surface area contributed by atoms with Crippen LogP contribution in [-0.4, -0.2) is 29.6 Å². The summed E-state index contributed by atoms with van der Waals surface area (Å²) in [6, 6.07) is 6.23. The normalized spacial score (nSPS) is 10.7. The molecule has 82 valence electrons. The van der Waals surface area contributed by atoms with Gasteiger partial charge in [-0.1, -0.05) is 23.8 Å². The largest absolute Gasteiger partial charge is 0.480 e. The van der Waals surface area contributed by atoms with Crippen molar-refractivity contribution in [3.8, 4) is 0 Å². The highest BCUT2D eigenvalue weighted by Crippen LogP contribution is 2.12. The molecule has 1 rings (SSSR count). The fourth-order valence-electron chi connectivity index (χ4n) is 1.60. The molecule has 0 fully saturated rings. The maximum absolute atomic E-state index is 10.5. The molecular weight excluding hydrogens is 190 g/mol. The Bertz CT molecular complexity index is 361. The van der Waals surface area contributed by atoms with Crippen molar-refractivity contribution in [2.45, 2.75) is 20.4 Å². The molecular formula is C12H17NO2. The zero-order chi connectivity index (χ0) is 11.4. The van der Waals surface area contributed by atoms with Crippen molar-refractivity contribution in [3.63, 3.8) is 0 Å². The Morgan fingerprint density at radius 3 is 2.60 bits per heavy atom. The Labute approximate surface area is 90.3 Å². The van der Waals surface area contributed by atoms with Gasteiger partial charge in [0.2, 0.25) is 0 Å². The fourth-order valence-corrected chi connectivity index (χ4v) is 1.60. The predicted octanol–water partition coefficient (Wildman–Crippen LogP) is 1.82. The smallest absolute Gasteiger partial charge is 0.317 e. The van der Waals surface area contributed by atoms with Gasteiger partial charge >= 0.3 is 5.97 Å². The molecule has 0 aromatic heterocycles. The standard InChI is InChI=1S/C12H17NO2/c1-9-4-5-11(10(2)6-9)7-13(3)8-12(14)15/h4-6H,7-8H2,1-3H3,(H,14,15). The number of aliphatic carboxylic acids is 1. The van der Waals surface area contributed by atoms with Gasteiger partial charge in [-0.3, -0.25) is 9.69 Å². The van der Waals surface area contributed by atoms with Crippen molar-refractivity contribution in [3.05, 3.63) is 34.9 Å². The molecule has 0 saturated carbocycles. The zero-order valence-electron chi connectivity index (χ0n) is 9.45. The predicted molar refractivity (Wildman–Crippen MR) is 59.9 cm³/mol. The summed E-state index contributed by atoms with van der Waals surface area (Å²) in [5, 5.41) is 8.63. The minimum atomic E-state index is -0.790. The summed E-state index contributed by atoms with van der Waals surface area (Å²) in [6.45, 7) is 4.86. The van der Waals surface area contributed by atoms with Crippen molar-refractivity contribution in [1.29, 1.82) is 0 Å². The second-order valence-electron chi connectivity index (χ2n) is 4.00. The number of aryl methyl sites for hydroxylation is 2. The summed E-state index contributed by atoms with van der Waals surface area (Å²) in [5.41, 5.74) is 3.63. The highest BCUT2D eigenvalue weighted by Gasteiger charge is 2.06. The van der Waals surface area contributed by atoms with Crippen molar-refractivity contribution < 1.29 is 9.90 Å². The van der Waals surface area contributed by atoms with Gasteiger partial charge in [-0.15, -0.1) is 0 Å². The van der Waals surface area contributed by atoms with Gasteiger partial charge in [0.15, 0.2) is 0 Å². The van der Waals surface area contributed by atoms with Gasteiger partial charge in [-0.05, 0) is 32.0 Å². The number of nitrogens with zero attached hydrogens (tertiary/aromatic N) is 1. The first kappa shape index (κ1) is 11.7. The molecule has 1 N–H and O–H groups in total. The average Bonchev–Trinajstić information content (AvgIpc) is 2.08. The summed E-state index contributed by atoms with van der Waals surface area (Å²) < 4.78 is 0. The van der Waals surface area contributed by atoms with E-state index in [1.54, 1.807) is 4.90 Å². The van der Waals surface area contributed by atoms with Gasteiger partial charge in [0.25, 0.3) is 0 Å². The van der Waals surface area contributed by atoms with Crippen LogP contribution in [-0.2, 0) is 11.3 Å². The van der Waals surface area contributed by atoms with Crippen LogP contribution in [0, 0.1) is 13.8 Å². The molecule has 0 amide bonds. The first-order valence-electron chi connectivity index (χ1n) is 4.95. The van der Waals surface area contributed by atoms with Crippen LogP contribution in [0.5, 0.6) is 0 Å². The van der Waals surface area contributed by atoms with Gasteiger partial charge in [0, 0.05) is 6.54 Å². The first-order chi connectivity index (χ1) is 6.99. The lowest BCUT2D eigenvalue weighted by Crippen LogP contribution is -2.25. The SMILES string of the molecule is Cc1ccc(CN(C)CC(=O)O)c(C)c1. The van der Waals surface area contributed by atoms with E-state index in [-0.39, 0.29) is 6.54 Å². The summed E-state index contributed by atoms with van der Waals surface area (Å²) in [5.74, 6) is -0.790. The van der Waals surface area contributed by atoms with Crippen LogP contribution in [0.25, 0.3) is 0 Å². The van der Waals surface area contributed by atoms with Gasteiger partial charge in [-0.25, -0.2) is 0 Å². The maximum Gasteiger partial charge on any atom is 0.317 e. The van der Waals surface area contributed by atoms with E-state index >= 15 is 0 Å². The molecule has 0 aliphatic carbocycles. The van der Waals surface area contributed by atoms with E-state index in [2.05, 4.69) is 32.0 Å². The number of carboxylic acids is 1. The Morgan fingerprint density at radius 2 is 2.07 bits per heavy atom. The van der Waals surface area contributed by atoms with Crippen LogP contribution in [0.2, 0.25) is 0 Å². The van der Waals surface area contributed by atoms with E-state index in [0.717, 1.165) is 0 Å². The molecule has 0 aliphatic rings. The molecule has 0 heterocycles. The van der Waals surface area contributed by atoms with Crippen molar-refractivity contribution >= 4 is 5.97 Å². The monoisotopic (exact) mass is 207 g/mol. The number of likely N-dealkylation sites (N-methyl/N-ethyl adjacent to an activating group) is 1. The molecule has 1 aromatic carbocycles. The minimum Gasteiger partial charge on any atom is -0.480 e. The van der Waals surface area contributed by atoms with Gasteiger partial charge in [-0.2, -0.15) is 0 Å². The average molecular weight is 207 g/mol. The minimum absolute atomic E-state index is 0.0767. The summed E-state index contributed by atoms with van der Waals surface area (Å²) in [7, 11) is 1.81. The molecule has 0 bridgehead atoms. The van der Waals surface area contributed by atoms with E-state index < -0.39 is 5.97 Å². The third-order valence-corrected chi connectivity index (χ3v) is 2.34. The highest BCUT2D eigenvalue weighted by atomic mass is 16.4. The Hall–Kier alpha value is -1.35. The lowest BCUT2D eigenvalue weighted by atomic mass is 10.1. The van der Waals surface area contributed by atoms with Gasteiger partial charge < -0.3 is 5.11 Å². The third-order valence-electron chi connectivity index (χ3n) is 2.34. The summed E-state index contributed by atoms with van der Waals surface area (Å²) in [6.07, 6.45) is 0. The number of benzene rings is 1. The molecule has 0 aliphatic heterocycles. The molecule has 0 radical (unpaired) electrons. The Kier molecular flexibility index (Phi) is 3.86. The van der Waals surface area contributed by atoms with Gasteiger partial charge in [0.1, 0.15) is 0 Å². The second-order valence-corrected chi connectivity index (χ2v) is 4.00. The zero-order valence-corrected chi connectivity index (χ0v) is 9.45. The number of hydrogen-bond donors (Lipinski definition) is 1. The molecule has 1 aromatic rings. The first-order valence-corrected chi connectivity index (χ1v) is 4.95. The van der Waals surface area contributed by atoms with Crippen molar-refractivity contribution in [1.82, 2.24) is 4.90 Å². The summed E-state index contributed by atoms with van der Waals surface area (Å²) >= 11 is 0. The molecule has 0 spiro atoms. The highest BCUT2D eigenvalue weighted by molar-refractivity contribution is 5.69. The van der Waals surface area contributed by atoms with E-state index in [4.69, 9.17) is 5.11 Å². The van der Waals surface area contributed by atoms with E-state index in [9.17, 15) is 4.79 Å². The lowest BCUT2D eigenvalue weighted by Gasteiger charge is -2.15. The molecule has 0 unspecified atom stereocenters. The van der Waals surface area contributed by atoms with Gasteiger partial charge in [0.05, 0.1) is 6.54 Å². The molecule has 3 nitrogen and oxygen atoms in total. The van der Waals surface area contributed by atoms with Crippen LogP contribution >= 0.6 is 0 Å². The summed E-state index contributed by atoms with van der Waals surface area (Å²) in [4.78, 5) is 12.3. The topological polar surface area (TPSA) is 40.5 Å². The lowest BCUT2D eigenvalue weighted by molar-refractivity contribution is -0.138. The second kappa shape index (κ2) is 4.94. The maximum atomic E-state index is 10.5. The fraction of sp³-hybridized carbons (Fsp3) is 0.417. The van der Waals surface area contributed by atoms with E-state index in [0.29, 0.717) is 6.54 Å². The molecule has 15 heavy (non-hydrogen) atoms. The van der Waals surface area contributed by atoms with Crippen LogP contribution in [0.15, 0.2) is 18.2 Å². The quantitative estimate of drug-likeness (QED) is 0.818. The number of hydrogen-bond acceptors (Lipinski definition) is 2. The third kappa shape index (κ3) is 3.72. The van der Waals surface area contributed by atoms with E-state index in [1.807, 2.05) is 7.05 Å². The molecule has 3 heteroatoms. The van der Waals surface area contributed by atoms with E-state index in [1.165, 1.54) is 16.7 Å². The van der Waals surface area contributed by atoms with Crippen LogP contribution in [0.4, 0.5) is 0 Å². The Morgan fingerprint density at radius 1 is 1.40 bits per heavy atom. The van der Waals surface area contributed by atoms with Crippen molar-refractivity contribution in [2.24, 2.45) is 0 Å². The number of carbonyl (C=O) groups is 1. The molecule has 0 atom stereocenters. The van der Waals surface area contributed by atoms with Crippen LogP contribution < -0.4 is 0 Å². The van der Waals surface area contributed by atoms with Crippen LogP contribution in [0.1, 0.15) is 16.7 Å². The number of rotatable bonds is 4.